The quantitative estimate of drug-likeness (QED) is 0.802. The molecule has 0 radical (unpaired) electrons. The van der Waals surface area contributed by atoms with E-state index in [0.717, 1.165) is 5.56 Å². The zero-order valence-corrected chi connectivity index (χ0v) is 14.1. The van der Waals surface area contributed by atoms with E-state index in [0.29, 0.717) is 18.1 Å². The number of nitrogens with zero attached hydrogens (tertiary/aromatic N) is 1. The normalized spacial score (nSPS) is 12.1. The van der Waals surface area contributed by atoms with Crippen molar-refractivity contribution >= 4 is 23.4 Å². The fourth-order valence-electron chi connectivity index (χ4n) is 1.88. The molecule has 0 spiro atoms. The number of hydrogen-bond donors (Lipinski definition) is 2. The molecule has 2 amide bonds. The topological polar surface area (TPSA) is 75.4 Å². The van der Waals surface area contributed by atoms with Crippen LogP contribution in [-0.2, 0) is 16.1 Å². The first-order valence-corrected chi connectivity index (χ1v) is 7.78. The highest BCUT2D eigenvalue weighted by Crippen LogP contribution is 2.11. The number of carbonyl (C=O) groups excluding carboxylic acids is 2. The fourth-order valence-corrected chi connectivity index (χ4v) is 2.01. The lowest BCUT2D eigenvalue weighted by molar-refractivity contribution is -0.133. The molecule has 1 atom stereocenters. The lowest BCUT2D eigenvalue weighted by atomic mass is 10.1. The fraction of sp³-hybridized carbons (Fsp3) is 0.500. The van der Waals surface area contributed by atoms with Gasteiger partial charge in [-0.1, -0.05) is 37.6 Å². The second-order valence-corrected chi connectivity index (χ2v) is 5.96. The van der Waals surface area contributed by atoms with Gasteiger partial charge in [0.25, 0.3) is 0 Å². The number of rotatable bonds is 7. The van der Waals surface area contributed by atoms with E-state index in [-0.39, 0.29) is 24.3 Å². The van der Waals surface area contributed by atoms with Gasteiger partial charge in [0.2, 0.25) is 11.8 Å². The first-order chi connectivity index (χ1) is 10.3. The molecule has 0 aromatic heterocycles. The molecule has 1 aromatic carbocycles. The van der Waals surface area contributed by atoms with Gasteiger partial charge in [0, 0.05) is 18.1 Å². The Bertz CT molecular complexity index is 503. The van der Waals surface area contributed by atoms with Crippen LogP contribution in [0.1, 0.15) is 26.3 Å². The van der Waals surface area contributed by atoms with Gasteiger partial charge in [0.15, 0.2) is 0 Å². The highest BCUT2D eigenvalue weighted by Gasteiger charge is 2.19. The predicted octanol–water partition coefficient (Wildman–Crippen LogP) is 1.79. The minimum absolute atomic E-state index is 0.0337. The van der Waals surface area contributed by atoms with Gasteiger partial charge in [-0.15, -0.1) is 0 Å². The van der Waals surface area contributed by atoms with Crippen LogP contribution in [0.4, 0.5) is 0 Å². The molecule has 22 heavy (non-hydrogen) atoms. The van der Waals surface area contributed by atoms with Crippen molar-refractivity contribution in [2.75, 3.05) is 13.1 Å². The van der Waals surface area contributed by atoms with Gasteiger partial charge in [0.05, 0.1) is 12.6 Å². The van der Waals surface area contributed by atoms with Crippen LogP contribution >= 0.6 is 11.6 Å². The number of amides is 2. The van der Waals surface area contributed by atoms with Crippen LogP contribution in [0.25, 0.3) is 0 Å². The van der Waals surface area contributed by atoms with Crippen molar-refractivity contribution in [3.63, 3.8) is 0 Å². The van der Waals surface area contributed by atoms with Crippen LogP contribution in [0.15, 0.2) is 24.3 Å². The molecule has 0 aliphatic rings. The van der Waals surface area contributed by atoms with Crippen LogP contribution < -0.4 is 11.1 Å². The summed E-state index contributed by atoms with van der Waals surface area (Å²) in [6.45, 7) is 6.64. The highest BCUT2D eigenvalue weighted by atomic mass is 35.5. The maximum atomic E-state index is 12.2. The minimum Gasteiger partial charge on any atom is -0.346 e. The summed E-state index contributed by atoms with van der Waals surface area (Å²) in [4.78, 5) is 25.6. The molecule has 0 aliphatic heterocycles. The SMILES string of the molecule is CCN(Cc1ccc(Cl)cc1)C(=O)CNC(=O)[C@@H](N)C(C)C. The van der Waals surface area contributed by atoms with Crippen molar-refractivity contribution in [3.8, 4) is 0 Å². The number of likely N-dealkylation sites (N-methyl/N-ethyl adjacent to an activating group) is 1. The molecule has 0 bridgehead atoms. The molecule has 3 N–H and O–H groups in total. The molecule has 0 aliphatic carbocycles. The molecule has 0 saturated heterocycles. The van der Waals surface area contributed by atoms with Gasteiger partial charge in [0.1, 0.15) is 0 Å². The summed E-state index contributed by atoms with van der Waals surface area (Å²) >= 11 is 5.84. The predicted molar refractivity (Wildman–Crippen MR) is 88.4 cm³/mol. The standard InChI is InChI=1S/C16H24ClN3O2/c1-4-20(10-12-5-7-13(17)8-6-12)14(21)9-19-16(22)15(18)11(2)3/h5-8,11,15H,4,9-10,18H2,1-3H3,(H,19,22)/t15-/m0/s1. The number of hydrogen-bond acceptors (Lipinski definition) is 3. The molecule has 0 unspecified atom stereocenters. The number of halogens is 1. The first kappa shape index (κ1) is 18.5. The molecule has 0 saturated carbocycles. The average Bonchev–Trinajstić information content (AvgIpc) is 2.50. The van der Waals surface area contributed by atoms with E-state index in [2.05, 4.69) is 5.32 Å². The molecule has 0 fully saturated rings. The smallest absolute Gasteiger partial charge is 0.242 e. The van der Waals surface area contributed by atoms with Gasteiger partial charge >= 0.3 is 0 Å². The average molecular weight is 326 g/mol. The molecule has 1 rings (SSSR count). The minimum atomic E-state index is -0.598. The van der Waals surface area contributed by atoms with E-state index in [4.69, 9.17) is 17.3 Å². The zero-order valence-electron chi connectivity index (χ0n) is 13.3. The number of benzene rings is 1. The summed E-state index contributed by atoms with van der Waals surface area (Å²) in [5.41, 5.74) is 6.73. The summed E-state index contributed by atoms with van der Waals surface area (Å²) in [6.07, 6.45) is 0. The van der Waals surface area contributed by atoms with Gasteiger partial charge < -0.3 is 16.0 Å². The third kappa shape index (κ3) is 5.66. The summed E-state index contributed by atoms with van der Waals surface area (Å²) in [6, 6.07) is 6.74. The lowest BCUT2D eigenvalue weighted by Crippen LogP contribution is -2.47. The molecular formula is C16H24ClN3O2. The number of nitrogens with one attached hydrogen (secondary N) is 1. The van der Waals surface area contributed by atoms with Crippen molar-refractivity contribution in [2.45, 2.75) is 33.4 Å². The Hall–Kier alpha value is -1.59. The largest absolute Gasteiger partial charge is 0.346 e. The van der Waals surface area contributed by atoms with Crippen molar-refractivity contribution in [3.05, 3.63) is 34.9 Å². The van der Waals surface area contributed by atoms with Gasteiger partial charge in [-0.2, -0.15) is 0 Å². The molecule has 5 nitrogen and oxygen atoms in total. The summed E-state index contributed by atoms with van der Waals surface area (Å²) in [5, 5.41) is 3.26. The summed E-state index contributed by atoms with van der Waals surface area (Å²) in [5.74, 6) is -0.404. The highest BCUT2D eigenvalue weighted by molar-refractivity contribution is 6.30. The van der Waals surface area contributed by atoms with E-state index in [1.54, 1.807) is 17.0 Å². The van der Waals surface area contributed by atoms with Gasteiger partial charge in [-0.25, -0.2) is 0 Å². The Morgan fingerprint density at radius 2 is 1.86 bits per heavy atom. The second-order valence-electron chi connectivity index (χ2n) is 5.52. The first-order valence-electron chi connectivity index (χ1n) is 7.40. The second kappa shape index (κ2) is 8.76. The Kier molecular flexibility index (Phi) is 7.35. The number of nitrogens with two attached hydrogens (primary N) is 1. The van der Waals surface area contributed by atoms with Crippen LogP contribution in [0, 0.1) is 5.92 Å². The zero-order chi connectivity index (χ0) is 16.7. The third-order valence-corrected chi connectivity index (χ3v) is 3.71. The van der Waals surface area contributed by atoms with E-state index >= 15 is 0 Å². The molecular weight excluding hydrogens is 302 g/mol. The lowest BCUT2D eigenvalue weighted by Gasteiger charge is -2.22. The van der Waals surface area contributed by atoms with Crippen molar-refractivity contribution in [2.24, 2.45) is 11.7 Å². The maximum absolute atomic E-state index is 12.2. The van der Waals surface area contributed by atoms with Crippen molar-refractivity contribution in [1.29, 1.82) is 0 Å². The molecule has 0 heterocycles. The molecule has 6 heteroatoms. The number of carbonyl (C=O) groups is 2. The van der Waals surface area contributed by atoms with Gasteiger partial charge in [-0.05, 0) is 30.5 Å². The van der Waals surface area contributed by atoms with E-state index in [9.17, 15) is 9.59 Å². The van der Waals surface area contributed by atoms with E-state index < -0.39 is 6.04 Å². The summed E-state index contributed by atoms with van der Waals surface area (Å²) < 4.78 is 0. The van der Waals surface area contributed by atoms with Crippen molar-refractivity contribution < 1.29 is 9.59 Å². The van der Waals surface area contributed by atoms with Gasteiger partial charge in [-0.3, -0.25) is 9.59 Å². The Labute approximate surface area is 136 Å². The summed E-state index contributed by atoms with van der Waals surface area (Å²) in [7, 11) is 0. The van der Waals surface area contributed by atoms with Crippen molar-refractivity contribution in [1.82, 2.24) is 10.2 Å². The van der Waals surface area contributed by atoms with Crippen LogP contribution in [0.5, 0.6) is 0 Å². The Morgan fingerprint density at radius 3 is 2.36 bits per heavy atom. The Balaban J connectivity index is 2.54. The van der Waals surface area contributed by atoms with E-state index in [1.165, 1.54) is 0 Å². The van der Waals surface area contributed by atoms with Crippen LogP contribution in [0.2, 0.25) is 5.02 Å². The van der Waals surface area contributed by atoms with Crippen LogP contribution in [0.3, 0.4) is 0 Å². The van der Waals surface area contributed by atoms with E-state index in [1.807, 2.05) is 32.9 Å². The monoisotopic (exact) mass is 325 g/mol. The van der Waals surface area contributed by atoms with Crippen LogP contribution in [-0.4, -0.2) is 35.8 Å². The maximum Gasteiger partial charge on any atom is 0.242 e. The molecule has 122 valence electrons. The third-order valence-electron chi connectivity index (χ3n) is 3.46. The molecule has 1 aromatic rings. The Morgan fingerprint density at radius 1 is 1.27 bits per heavy atom.